The second-order valence-electron chi connectivity index (χ2n) is 8.10. The number of rotatable bonds is 4. The highest BCUT2D eigenvalue weighted by atomic mass is 32.2. The topological polar surface area (TPSA) is 63.2 Å². The van der Waals surface area contributed by atoms with E-state index in [-0.39, 0.29) is 16.8 Å². The van der Waals surface area contributed by atoms with E-state index in [0.717, 1.165) is 17.4 Å². The van der Waals surface area contributed by atoms with Crippen molar-refractivity contribution in [3.05, 3.63) is 29.8 Å². The summed E-state index contributed by atoms with van der Waals surface area (Å²) in [5.41, 5.74) is 1.01. The number of amides is 1. The van der Waals surface area contributed by atoms with Gasteiger partial charge in [0.25, 0.3) is 0 Å². The van der Waals surface area contributed by atoms with Crippen molar-refractivity contribution >= 4 is 15.7 Å². The van der Waals surface area contributed by atoms with Crippen molar-refractivity contribution in [1.82, 2.24) is 5.32 Å². The molecule has 0 heterocycles. The van der Waals surface area contributed by atoms with Gasteiger partial charge < -0.3 is 5.32 Å². The van der Waals surface area contributed by atoms with E-state index < -0.39 is 15.6 Å². The molecule has 5 heteroatoms. The lowest BCUT2D eigenvalue weighted by atomic mass is 9.54. The highest BCUT2D eigenvalue weighted by Crippen LogP contribution is 2.53. The number of carbonyl (C=O) groups is 1. The van der Waals surface area contributed by atoms with Gasteiger partial charge in [0.2, 0.25) is 5.91 Å². The van der Waals surface area contributed by atoms with Gasteiger partial charge in [0.1, 0.15) is 5.75 Å². The minimum absolute atomic E-state index is 0.193. The summed E-state index contributed by atoms with van der Waals surface area (Å²) < 4.78 is 24.9. The maximum Gasteiger partial charge on any atom is 0.235 e. The molecule has 0 unspecified atom stereocenters. The zero-order valence-corrected chi connectivity index (χ0v) is 14.9. The third kappa shape index (κ3) is 2.99. The normalized spacial score (nSPS) is 34.3. The molecule has 1 amide bonds. The molecule has 5 rings (SSSR count). The van der Waals surface area contributed by atoms with Crippen LogP contribution in [0.15, 0.2) is 29.2 Å². The molecule has 4 saturated carbocycles. The Labute approximate surface area is 143 Å². The second kappa shape index (κ2) is 5.87. The van der Waals surface area contributed by atoms with Crippen LogP contribution in [0.1, 0.15) is 37.7 Å². The molecule has 24 heavy (non-hydrogen) atoms. The van der Waals surface area contributed by atoms with Gasteiger partial charge in [0.15, 0.2) is 9.84 Å². The van der Waals surface area contributed by atoms with Crippen molar-refractivity contribution in [1.29, 1.82) is 0 Å². The maximum atomic E-state index is 12.4. The number of carbonyl (C=O) groups excluding carboxylic acids is 1. The Morgan fingerprint density at radius 1 is 1.00 bits per heavy atom. The van der Waals surface area contributed by atoms with Gasteiger partial charge in [0, 0.05) is 6.04 Å². The van der Waals surface area contributed by atoms with Gasteiger partial charge in [-0.3, -0.25) is 4.79 Å². The summed E-state index contributed by atoms with van der Waals surface area (Å²) in [6.07, 6.45) is 6.21. The molecule has 0 atom stereocenters. The molecule has 0 radical (unpaired) electrons. The van der Waals surface area contributed by atoms with Crippen LogP contribution in [0.2, 0.25) is 0 Å². The van der Waals surface area contributed by atoms with Crippen LogP contribution in [0.4, 0.5) is 0 Å². The van der Waals surface area contributed by atoms with E-state index in [1.807, 2.05) is 6.92 Å². The Hall–Kier alpha value is -1.36. The van der Waals surface area contributed by atoms with Gasteiger partial charge in [-0.1, -0.05) is 17.7 Å². The van der Waals surface area contributed by atoms with E-state index in [1.165, 1.54) is 32.1 Å². The van der Waals surface area contributed by atoms with Crippen LogP contribution in [0.5, 0.6) is 0 Å². The third-order valence-corrected chi connectivity index (χ3v) is 7.89. The van der Waals surface area contributed by atoms with Crippen LogP contribution in [0, 0.1) is 30.6 Å². The molecule has 1 aromatic rings. The lowest BCUT2D eigenvalue weighted by Crippen LogP contribution is -2.56. The third-order valence-electron chi connectivity index (χ3n) is 6.26. The molecule has 130 valence electrons. The fraction of sp³-hybridized carbons (Fsp3) is 0.632. The maximum absolute atomic E-state index is 12.4. The molecule has 0 spiro atoms. The molecule has 1 N–H and O–H groups in total. The standard InChI is InChI=1S/C19H25NO3S/c1-12-2-4-17(5-3-12)24(22,23)11-18(21)20-19-15-7-13-6-14(9-15)10-16(19)8-13/h2-5,13-16,19H,6-11H2,1H3,(H,20,21). The lowest BCUT2D eigenvalue weighted by Gasteiger charge is -2.54. The molecule has 0 aromatic heterocycles. The van der Waals surface area contributed by atoms with Crippen molar-refractivity contribution in [2.75, 3.05) is 5.75 Å². The summed E-state index contributed by atoms with van der Waals surface area (Å²) >= 11 is 0. The van der Waals surface area contributed by atoms with Gasteiger partial charge in [-0.2, -0.15) is 0 Å². The van der Waals surface area contributed by atoms with E-state index in [1.54, 1.807) is 24.3 Å². The first-order chi connectivity index (χ1) is 11.4. The quantitative estimate of drug-likeness (QED) is 0.911. The molecular formula is C19H25NO3S. The van der Waals surface area contributed by atoms with Crippen molar-refractivity contribution < 1.29 is 13.2 Å². The minimum atomic E-state index is -3.56. The fourth-order valence-corrected chi connectivity index (χ4v) is 6.54. The van der Waals surface area contributed by atoms with E-state index in [0.29, 0.717) is 11.8 Å². The summed E-state index contributed by atoms with van der Waals surface area (Å²) in [5, 5.41) is 3.08. The number of benzene rings is 1. The average molecular weight is 347 g/mol. The van der Waals surface area contributed by atoms with Gasteiger partial charge in [0.05, 0.1) is 4.90 Å². The summed E-state index contributed by atoms with van der Waals surface area (Å²) in [7, 11) is -3.56. The van der Waals surface area contributed by atoms with Crippen molar-refractivity contribution in [3.8, 4) is 0 Å². The first-order valence-electron chi connectivity index (χ1n) is 8.99. The summed E-state index contributed by atoms with van der Waals surface area (Å²) in [4.78, 5) is 12.6. The molecule has 4 nitrogen and oxygen atoms in total. The highest BCUT2D eigenvalue weighted by molar-refractivity contribution is 7.92. The van der Waals surface area contributed by atoms with E-state index >= 15 is 0 Å². The highest BCUT2D eigenvalue weighted by Gasteiger charge is 2.48. The van der Waals surface area contributed by atoms with Crippen LogP contribution in [-0.2, 0) is 14.6 Å². The molecule has 4 aliphatic rings. The predicted molar refractivity (Wildman–Crippen MR) is 92.2 cm³/mol. The fourth-order valence-electron chi connectivity index (χ4n) is 5.39. The molecular weight excluding hydrogens is 322 g/mol. The number of hydrogen-bond donors (Lipinski definition) is 1. The number of aryl methyl sites for hydroxylation is 1. The summed E-state index contributed by atoms with van der Waals surface area (Å²) in [5.74, 6) is 2.03. The molecule has 0 aliphatic heterocycles. The molecule has 4 aliphatic carbocycles. The van der Waals surface area contributed by atoms with Crippen LogP contribution in [-0.4, -0.2) is 26.1 Å². The predicted octanol–water partition coefficient (Wildman–Crippen LogP) is 2.71. The number of hydrogen-bond acceptors (Lipinski definition) is 3. The van der Waals surface area contributed by atoms with E-state index in [9.17, 15) is 13.2 Å². The number of nitrogens with one attached hydrogen (secondary N) is 1. The molecule has 4 fully saturated rings. The van der Waals surface area contributed by atoms with Gasteiger partial charge in [-0.05, 0) is 74.8 Å². The SMILES string of the molecule is Cc1ccc(S(=O)(=O)CC(=O)NC2C3CC4CC(C3)CC2C4)cc1. The molecule has 1 aromatic carbocycles. The van der Waals surface area contributed by atoms with Crippen molar-refractivity contribution in [3.63, 3.8) is 0 Å². The Morgan fingerprint density at radius 3 is 2.08 bits per heavy atom. The smallest absolute Gasteiger partial charge is 0.235 e. The van der Waals surface area contributed by atoms with E-state index in [2.05, 4.69) is 5.32 Å². The van der Waals surface area contributed by atoms with Crippen LogP contribution < -0.4 is 5.32 Å². The zero-order valence-electron chi connectivity index (χ0n) is 14.1. The minimum Gasteiger partial charge on any atom is -0.352 e. The van der Waals surface area contributed by atoms with Gasteiger partial charge >= 0.3 is 0 Å². The largest absolute Gasteiger partial charge is 0.352 e. The van der Waals surface area contributed by atoms with Gasteiger partial charge in [-0.15, -0.1) is 0 Å². The monoisotopic (exact) mass is 347 g/mol. The zero-order chi connectivity index (χ0) is 16.9. The Bertz CT molecular complexity index is 710. The molecule has 4 bridgehead atoms. The Kier molecular flexibility index (Phi) is 3.94. The van der Waals surface area contributed by atoms with Crippen molar-refractivity contribution in [2.45, 2.75) is 50.0 Å². The van der Waals surface area contributed by atoms with Crippen LogP contribution >= 0.6 is 0 Å². The first-order valence-corrected chi connectivity index (χ1v) is 10.6. The summed E-state index contributed by atoms with van der Waals surface area (Å²) in [6.45, 7) is 1.91. The Balaban J connectivity index is 1.42. The van der Waals surface area contributed by atoms with Crippen molar-refractivity contribution in [2.24, 2.45) is 23.7 Å². The summed E-state index contributed by atoms with van der Waals surface area (Å²) in [6, 6.07) is 6.89. The lowest BCUT2D eigenvalue weighted by molar-refractivity contribution is -0.122. The average Bonchev–Trinajstić information content (AvgIpc) is 2.50. The molecule has 0 saturated heterocycles. The van der Waals surface area contributed by atoms with E-state index in [4.69, 9.17) is 0 Å². The first kappa shape index (κ1) is 16.1. The number of sulfone groups is 1. The van der Waals surface area contributed by atoms with Crippen LogP contribution in [0.25, 0.3) is 0 Å². The van der Waals surface area contributed by atoms with Crippen LogP contribution in [0.3, 0.4) is 0 Å². The Morgan fingerprint density at radius 2 is 1.54 bits per heavy atom. The van der Waals surface area contributed by atoms with Gasteiger partial charge in [-0.25, -0.2) is 8.42 Å². The second-order valence-corrected chi connectivity index (χ2v) is 10.1.